The molecule has 172 valence electrons. The molecule has 1 unspecified atom stereocenters. The van der Waals surface area contributed by atoms with E-state index in [0.717, 1.165) is 34.7 Å². The number of rotatable bonds is 8. The molecular weight excluding hydrogens is 418 g/mol. The molecule has 1 fully saturated rings. The Bertz CT molecular complexity index is 1170. The molecule has 1 atom stereocenters. The van der Waals surface area contributed by atoms with Crippen molar-refractivity contribution in [2.45, 2.75) is 38.0 Å². The van der Waals surface area contributed by atoms with E-state index < -0.39 is 17.3 Å². The third-order valence-electron chi connectivity index (χ3n) is 6.72. The van der Waals surface area contributed by atoms with E-state index in [1.54, 1.807) is 19.5 Å². The van der Waals surface area contributed by atoms with Gasteiger partial charge >= 0.3 is 5.97 Å². The molecule has 1 heterocycles. The first-order valence-corrected chi connectivity index (χ1v) is 11.2. The van der Waals surface area contributed by atoms with Crippen LogP contribution in [0.15, 0.2) is 54.9 Å². The predicted octanol–water partition coefficient (Wildman–Crippen LogP) is 4.11. The highest BCUT2D eigenvalue weighted by molar-refractivity contribution is 5.98. The molecule has 3 aromatic rings. The molecular formula is C26H29N3O4. The van der Waals surface area contributed by atoms with Gasteiger partial charge in [-0.3, -0.25) is 14.6 Å². The molecule has 1 saturated carbocycles. The summed E-state index contributed by atoms with van der Waals surface area (Å²) in [5, 5.41) is 14.8. The van der Waals surface area contributed by atoms with Gasteiger partial charge in [0.15, 0.2) is 0 Å². The van der Waals surface area contributed by atoms with Gasteiger partial charge in [-0.1, -0.05) is 31.0 Å². The van der Waals surface area contributed by atoms with Crippen LogP contribution in [0.3, 0.4) is 0 Å². The lowest BCUT2D eigenvalue weighted by Gasteiger charge is -2.25. The summed E-state index contributed by atoms with van der Waals surface area (Å²) in [7, 11) is 1.56. The van der Waals surface area contributed by atoms with Crippen LogP contribution in [-0.2, 0) is 16.0 Å². The first-order valence-electron chi connectivity index (χ1n) is 11.2. The highest BCUT2D eigenvalue weighted by Gasteiger charge is 2.41. The largest absolute Gasteiger partial charge is 0.496 e. The van der Waals surface area contributed by atoms with Gasteiger partial charge in [0.2, 0.25) is 5.91 Å². The summed E-state index contributed by atoms with van der Waals surface area (Å²) in [4.78, 5) is 29.1. The SMILES string of the molecule is COc1cc(C(CN)C(=O)Nc2ccc3cnccc3c2)ccc1CC1(C(=O)O)CCCC1. The standard InChI is InChI=1S/C26H29N3O4/c1-33-23-13-18(4-5-19(23)14-26(25(31)32)9-2-3-10-26)22(15-27)24(30)29-21-7-6-20-16-28-11-8-17(20)12-21/h4-8,11-13,16,22H,2-3,9-10,14-15,27H2,1H3,(H,29,30)(H,31,32). The van der Waals surface area contributed by atoms with Crippen LogP contribution in [0.25, 0.3) is 10.8 Å². The lowest BCUT2D eigenvalue weighted by Crippen LogP contribution is -2.30. The Morgan fingerprint density at radius 2 is 1.94 bits per heavy atom. The lowest BCUT2D eigenvalue weighted by atomic mass is 9.79. The van der Waals surface area contributed by atoms with Crippen LogP contribution in [-0.4, -0.2) is 35.6 Å². The lowest BCUT2D eigenvalue weighted by molar-refractivity contribution is -0.148. The molecule has 1 amide bonds. The van der Waals surface area contributed by atoms with E-state index in [9.17, 15) is 14.7 Å². The molecule has 33 heavy (non-hydrogen) atoms. The quantitative estimate of drug-likeness (QED) is 0.479. The zero-order valence-corrected chi connectivity index (χ0v) is 18.7. The number of carboxylic acid groups (broad SMARTS) is 1. The summed E-state index contributed by atoms with van der Waals surface area (Å²) in [5.74, 6) is -0.944. The van der Waals surface area contributed by atoms with Crippen LogP contribution in [0.1, 0.15) is 42.7 Å². The average molecular weight is 448 g/mol. The highest BCUT2D eigenvalue weighted by atomic mass is 16.5. The number of methoxy groups -OCH3 is 1. The second-order valence-corrected chi connectivity index (χ2v) is 8.76. The molecule has 7 heteroatoms. The number of nitrogens with one attached hydrogen (secondary N) is 1. The van der Waals surface area contributed by atoms with E-state index in [2.05, 4.69) is 10.3 Å². The maximum atomic E-state index is 13.1. The molecule has 0 bridgehead atoms. The first kappa shape index (κ1) is 22.7. The Kier molecular flexibility index (Phi) is 6.60. The van der Waals surface area contributed by atoms with Crippen molar-refractivity contribution in [1.82, 2.24) is 4.98 Å². The van der Waals surface area contributed by atoms with Crippen LogP contribution in [0, 0.1) is 5.41 Å². The summed E-state index contributed by atoms with van der Waals surface area (Å²) in [6.07, 6.45) is 7.09. The van der Waals surface area contributed by atoms with Gasteiger partial charge in [0, 0.05) is 30.0 Å². The average Bonchev–Trinajstić information content (AvgIpc) is 3.30. The third-order valence-corrected chi connectivity index (χ3v) is 6.72. The van der Waals surface area contributed by atoms with Gasteiger partial charge in [-0.15, -0.1) is 0 Å². The number of benzene rings is 2. The van der Waals surface area contributed by atoms with Crippen LogP contribution in [0.5, 0.6) is 5.75 Å². The molecule has 1 aliphatic carbocycles. The minimum absolute atomic E-state index is 0.130. The van der Waals surface area contributed by atoms with Gasteiger partial charge in [0.05, 0.1) is 18.4 Å². The summed E-state index contributed by atoms with van der Waals surface area (Å²) >= 11 is 0. The van der Waals surface area contributed by atoms with Crippen molar-refractivity contribution in [2.24, 2.45) is 11.1 Å². The minimum Gasteiger partial charge on any atom is -0.496 e. The van der Waals surface area contributed by atoms with Gasteiger partial charge in [0.25, 0.3) is 0 Å². The topological polar surface area (TPSA) is 115 Å². The Hall–Kier alpha value is -3.45. The van der Waals surface area contributed by atoms with Crippen molar-refractivity contribution in [1.29, 1.82) is 0 Å². The predicted molar refractivity (Wildman–Crippen MR) is 127 cm³/mol. The zero-order valence-electron chi connectivity index (χ0n) is 18.7. The number of fused-ring (bicyclic) bond motifs is 1. The summed E-state index contributed by atoms with van der Waals surface area (Å²) in [6, 6.07) is 13.1. The summed E-state index contributed by atoms with van der Waals surface area (Å²) in [6.45, 7) is 0.130. The fourth-order valence-corrected chi connectivity index (χ4v) is 4.79. The number of carboxylic acids is 1. The van der Waals surface area contributed by atoms with E-state index in [1.165, 1.54) is 0 Å². The molecule has 0 radical (unpaired) electrons. The second kappa shape index (κ2) is 9.58. The van der Waals surface area contributed by atoms with Gasteiger partial charge in [-0.2, -0.15) is 0 Å². The van der Waals surface area contributed by atoms with Crippen molar-refractivity contribution in [2.75, 3.05) is 19.0 Å². The number of carbonyl (C=O) groups excluding carboxylic acids is 1. The Labute approximate surface area is 193 Å². The Morgan fingerprint density at radius 3 is 2.64 bits per heavy atom. The maximum Gasteiger partial charge on any atom is 0.309 e. The summed E-state index contributed by atoms with van der Waals surface area (Å²) < 4.78 is 5.59. The van der Waals surface area contributed by atoms with Crippen molar-refractivity contribution in [3.05, 3.63) is 66.0 Å². The molecule has 2 aromatic carbocycles. The molecule has 0 aliphatic heterocycles. The van der Waals surface area contributed by atoms with Crippen molar-refractivity contribution in [3.8, 4) is 5.75 Å². The number of nitrogens with two attached hydrogens (primary N) is 1. The summed E-state index contributed by atoms with van der Waals surface area (Å²) in [5.41, 5.74) is 7.50. The zero-order chi connectivity index (χ0) is 23.4. The van der Waals surface area contributed by atoms with Gasteiger partial charge in [0.1, 0.15) is 5.75 Å². The number of ether oxygens (including phenoxy) is 1. The van der Waals surface area contributed by atoms with Crippen molar-refractivity contribution in [3.63, 3.8) is 0 Å². The van der Waals surface area contributed by atoms with Gasteiger partial charge in [-0.25, -0.2) is 0 Å². The number of pyridine rings is 1. The number of amides is 1. The fourth-order valence-electron chi connectivity index (χ4n) is 4.79. The smallest absolute Gasteiger partial charge is 0.309 e. The normalized spacial score (nSPS) is 15.8. The molecule has 4 rings (SSSR count). The van der Waals surface area contributed by atoms with E-state index in [1.807, 2.05) is 42.5 Å². The highest BCUT2D eigenvalue weighted by Crippen LogP contribution is 2.43. The Morgan fingerprint density at radius 1 is 1.15 bits per heavy atom. The van der Waals surface area contributed by atoms with Gasteiger partial charge < -0.3 is 20.9 Å². The third kappa shape index (κ3) is 4.68. The van der Waals surface area contributed by atoms with Crippen LogP contribution < -0.4 is 15.8 Å². The number of aliphatic carboxylic acids is 1. The number of nitrogens with zero attached hydrogens (tertiary/aromatic N) is 1. The first-order chi connectivity index (χ1) is 16.0. The molecule has 1 aromatic heterocycles. The van der Waals surface area contributed by atoms with E-state index in [0.29, 0.717) is 30.7 Å². The van der Waals surface area contributed by atoms with E-state index >= 15 is 0 Å². The monoisotopic (exact) mass is 447 g/mol. The van der Waals surface area contributed by atoms with Crippen LogP contribution >= 0.6 is 0 Å². The number of anilines is 1. The molecule has 0 saturated heterocycles. The van der Waals surface area contributed by atoms with E-state index in [-0.39, 0.29) is 12.5 Å². The second-order valence-electron chi connectivity index (χ2n) is 8.76. The number of hydrogen-bond acceptors (Lipinski definition) is 5. The van der Waals surface area contributed by atoms with Crippen LogP contribution in [0.4, 0.5) is 5.69 Å². The van der Waals surface area contributed by atoms with E-state index in [4.69, 9.17) is 10.5 Å². The van der Waals surface area contributed by atoms with Crippen molar-refractivity contribution < 1.29 is 19.4 Å². The number of aromatic nitrogens is 1. The van der Waals surface area contributed by atoms with Crippen molar-refractivity contribution >= 4 is 28.3 Å². The number of carbonyl (C=O) groups is 2. The molecule has 4 N–H and O–H groups in total. The van der Waals surface area contributed by atoms with Crippen LogP contribution in [0.2, 0.25) is 0 Å². The molecule has 0 spiro atoms. The van der Waals surface area contributed by atoms with Gasteiger partial charge in [-0.05, 0) is 60.0 Å². The molecule has 1 aliphatic rings. The molecule has 7 nitrogen and oxygen atoms in total. The Balaban J connectivity index is 1.55. The fraction of sp³-hybridized carbons (Fsp3) is 0.346. The number of hydrogen-bond donors (Lipinski definition) is 3. The minimum atomic E-state index is -0.753. The maximum absolute atomic E-state index is 13.1.